The summed E-state index contributed by atoms with van der Waals surface area (Å²) in [6, 6.07) is 1.31. The van der Waals surface area contributed by atoms with Crippen LogP contribution in [0.5, 0.6) is 0 Å². The van der Waals surface area contributed by atoms with Crippen LogP contribution in [0, 0.1) is 0 Å². The average Bonchev–Trinajstić information content (AvgIpc) is 2.28. The molecular weight excluding hydrogens is 272 g/mol. The second kappa shape index (κ2) is 6.34. The largest absolute Gasteiger partial charge is 0.478 e. The Morgan fingerprint density at radius 2 is 2.16 bits per heavy atom. The number of carboxylic acid groups (broad SMARTS) is 1. The standard InChI is InChI=1S/C10H16N4O4S/c1-19(17,18)14-4-2-3-12-9-8(11)5-7(6-13-9)10(15)16/h5-6,14H,2-4,11H2,1H3,(H,12,13)(H,15,16). The van der Waals surface area contributed by atoms with Crippen molar-refractivity contribution in [3.63, 3.8) is 0 Å². The highest BCUT2D eigenvalue weighted by Crippen LogP contribution is 2.16. The summed E-state index contributed by atoms with van der Waals surface area (Å²) in [6.07, 6.45) is 2.84. The molecule has 1 heterocycles. The zero-order chi connectivity index (χ0) is 14.5. The summed E-state index contributed by atoms with van der Waals surface area (Å²) in [7, 11) is -3.18. The molecule has 0 atom stereocenters. The van der Waals surface area contributed by atoms with Gasteiger partial charge in [-0.2, -0.15) is 0 Å². The van der Waals surface area contributed by atoms with Gasteiger partial charge in [-0.3, -0.25) is 0 Å². The van der Waals surface area contributed by atoms with Crippen molar-refractivity contribution in [3.05, 3.63) is 17.8 Å². The highest BCUT2D eigenvalue weighted by Gasteiger charge is 2.07. The van der Waals surface area contributed by atoms with E-state index in [-0.39, 0.29) is 11.3 Å². The number of aromatic carboxylic acids is 1. The number of pyridine rings is 1. The van der Waals surface area contributed by atoms with E-state index < -0.39 is 16.0 Å². The number of aromatic nitrogens is 1. The molecule has 0 aliphatic rings. The van der Waals surface area contributed by atoms with E-state index in [1.165, 1.54) is 12.3 Å². The zero-order valence-electron chi connectivity index (χ0n) is 10.4. The van der Waals surface area contributed by atoms with E-state index in [4.69, 9.17) is 10.8 Å². The number of hydrogen-bond donors (Lipinski definition) is 4. The number of sulfonamides is 1. The Labute approximate surface area is 111 Å². The van der Waals surface area contributed by atoms with Crippen LogP contribution in [0.4, 0.5) is 11.5 Å². The van der Waals surface area contributed by atoms with Crippen molar-refractivity contribution >= 4 is 27.5 Å². The monoisotopic (exact) mass is 288 g/mol. The van der Waals surface area contributed by atoms with Gasteiger partial charge in [0.05, 0.1) is 17.5 Å². The van der Waals surface area contributed by atoms with Crippen LogP contribution in [0.2, 0.25) is 0 Å². The second-order valence-electron chi connectivity index (χ2n) is 3.91. The van der Waals surface area contributed by atoms with Crippen molar-refractivity contribution in [1.29, 1.82) is 0 Å². The molecule has 9 heteroatoms. The van der Waals surface area contributed by atoms with E-state index >= 15 is 0 Å². The topological polar surface area (TPSA) is 134 Å². The first-order valence-electron chi connectivity index (χ1n) is 5.47. The van der Waals surface area contributed by atoms with Gasteiger partial charge < -0.3 is 16.2 Å². The third-order valence-electron chi connectivity index (χ3n) is 2.17. The predicted octanol–water partition coefficient (Wildman–Crippen LogP) is -0.287. The number of nitrogens with two attached hydrogens (primary N) is 1. The maximum atomic E-state index is 10.8. The lowest BCUT2D eigenvalue weighted by atomic mass is 10.2. The molecule has 0 aliphatic carbocycles. The number of nitrogen functional groups attached to an aromatic ring is 1. The highest BCUT2D eigenvalue weighted by molar-refractivity contribution is 7.88. The number of rotatable bonds is 7. The van der Waals surface area contributed by atoms with E-state index in [9.17, 15) is 13.2 Å². The molecule has 0 bridgehead atoms. The van der Waals surface area contributed by atoms with Gasteiger partial charge in [-0.15, -0.1) is 0 Å². The summed E-state index contributed by atoms with van der Waals surface area (Å²) in [4.78, 5) is 14.6. The SMILES string of the molecule is CS(=O)(=O)NCCCNc1ncc(C(=O)O)cc1N. The first-order valence-corrected chi connectivity index (χ1v) is 7.36. The number of hydrogen-bond acceptors (Lipinski definition) is 6. The maximum Gasteiger partial charge on any atom is 0.337 e. The molecule has 1 aromatic rings. The third-order valence-corrected chi connectivity index (χ3v) is 2.90. The zero-order valence-corrected chi connectivity index (χ0v) is 11.2. The molecule has 0 radical (unpaired) electrons. The summed E-state index contributed by atoms with van der Waals surface area (Å²) in [6.45, 7) is 0.769. The molecule has 0 saturated carbocycles. The molecule has 1 rings (SSSR count). The Hall–Kier alpha value is -1.87. The smallest absolute Gasteiger partial charge is 0.337 e. The maximum absolute atomic E-state index is 10.8. The molecule has 0 aliphatic heterocycles. The Morgan fingerprint density at radius 1 is 1.47 bits per heavy atom. The number of anilines is 2. The van der Waals surface area contributed by atoms with Crippen LogP contribution >= 0.6 is 0 Å². The molecule has 1 aromatic heterocycles. The summed E-state index contributed by atoms with van der Waals surface area (Å²) in [5.41, 5.74) is 5.89. The number of carbonyl (C=O) groups is 1. The first-order chi connectivity index (χ1) is 8.79. The van der Waals surface area contributed by atoms with Crippen LogP contribution in [0.1, 0.15) is 16.8 Å². The molecule has 8 nitrogen and oxygen atoms in total. The molecule has 0 unspecified atom stereocenters. The van der Waals surface area contributed by atoms with Crippen LogP contribution in [-0.2, 0) is 10.0 Å². The summed E-state index contributed by atoms with van der Waals surface area (Å²) < 4.78 is 24.0. The van der Waals surface area contributed by atoms with Gasteiger partial charge in [0, 0.05) is 19.3 Å². The molecule has 0 fully saturated rings. The average molecular weight is 288 g/mol. The lowest BCUT2D eigenvalue weighted by Crippen LogP contribution is -2.24. The van der Waals surface area contributed by atoms with Gasteiger partial charge in [0.15, 0.2) is 0 Å². The normalized spacial score (nSPS) is 11.2. The van der Waals surface area contributed by atoms with Crippen molar-refractivity contribution in [2.24, 2.45) is 0 Å². The van der Waals surface area contributed by atoms with E-state index in [2.05, 4.69) is 15.0 Å². The van der Waals surface area contributed by atoms with Gasteiger partial charge in [0.25, 0.3) is 0 Å². The molecule has 0 amide bonds. The summed E-state index contributed by atoms with van der Waals surface area (Å²) in [5, 5.41) is 11.6. The quantitative estimate of drug-likeness (QED) is 0.506. The lowest BCUT2D eigenvalue weighted by Gasteiger charge is -2.08. The highest BCUT2D eigenvalue weighted by atomic mass is 32.2. The Kier molecular flexibility index (Phi) is 5.07. The van der Waals surface area contributed by atoms with Gasteiger partial charge in [-0.05, 0) is 12.5 Å². The van der Waals surface area contributed by atoms with E-state index in [1.54, 1.807) is 0 Å². The molecule has 19 heavy (non-hydrogen) atoms. The van der Waals surface area contributed by atoms with Gasteiger partial charge in [0.1, 0.15) is 5.82 Å². The predicted molar refractivity (Wildman–Crippen MR) is 71.6 cm³/mol. The minimum absolute atomic E-state index is 0.0155. The second-order valence-corrected chi connectivity index (χ2v) is 5.75. The fraction of sp³-hybridized carbons (Fsp3) is 0.400. The lowest BCUT2D eigenvalue weighted by molar-refractivity contribution is 0.0696. The molecule has 0 saturated heterocycles. The Balaban J connectivity index is 2.44. The van der Waals surface area contributed by atoms with Crippen molar-refractivity contribution in [2.75, 3.05) is 30.4 Å². The minimum atomic E-state index is -3.18. The van der Waals surface area contributed by atoms with Crippen LogP contribution in [0.15, 0.2) is 12.3 Å². The Bertz CT molecular complexity index is 559. The summed E-state index contributed by atoms with van der Waals surface area (Å²) >= 11 is 0. The summed E-state index contributed by atoms with van der Waals surface area (Å²) in [5.74, 6) is -0.715. The molecular formula is C10H16N4O4S. The van der Waals surface area contributed by atoms with Crippen LogP contribution in [0.25, 0.3) is 0 Å². The number of nitrogens with one attached hydrogen (secondary N) is 2. The molecule has 106 valence electrons. The van der Waals surface area contributed by atoms with Crippen molar-refractivity contribution < 1.29 is 18.3 Å². The van der Waals surface area contributed by atoms with Crippen LogP contribution in [0.3, 0.4) is 0 Å². The number of nitrogens with zero attached hydrogens (tertiary/aromatic N) is 1. The Morgan fingerprint density at radius 3 is 2.68 bits per heavy atom. The molecule has 0 aromatic carbocycles. The van der Waals surface area contributed by atoms with E-state index in [1.807, 2.05) is 0 Å². The van der Waals surface area contributed by atoms with Gasteiger partial charge in [-0.25, -0.2) is 22.9 Å². The fourth-order valence-electron chi connectivity index (χ4n) is 1.30. The number of carboxylic acids is 1. The van der Waals surface area contributed by atoms with Crippen molar-refractivity contribution in [1.82, 2.24) is 9.71 Å². The molecule has 0 spiro atoms. The first kappa shape index (κ1) is 15.2. The third kappa shape index (κ3) is 5.53. The van der Waals surface area contributed by atoms with Crippen LogP contribution < -0.4 is 15.8 Å². The van der Waals surface area contributed by atoms with Gasteiger partial charge >= 0.3 is 5.97 Å². The molecule has 5 N–H and O–H groups in total. The van der Waals surface area contributed by atoms with Crippen molar-refractivity contribution in [2.45, 2.75) is 6.42 Å². The minimum Gasteiger partial charge on any atom is -0.478 e. The van der Waals surface area contributed by atoms with Crippen LogP contribution in [-0.4, -0.2) is 43.8 Å². The van der Waals surface area contributed by atoms with E-state index in [0.717, 1.165) is 6.26 Å². The van der Waals surface area contributed by atoms with E-state index in [0.29, 0.717) is 25.3 Å². The fourth-order valence-corrected chi connectivity index (χ4v) is 1.81. The van der Waals surface area contributed by atoms with Gasteiger partial charge in [0.2, 0.25) is 10.0 Å². The van der Waals surface area contributed by atoms with Gasteiger partial charge in [-0.1, -0.05) is 0 Å². The van der Waals surface area contributed by atoms with Crippen molar-refractivity contribution in [3.8, 4) is 0 Å².